The number of carbonyl (C=O) groups excluding carboxylic acids is 1. The molecular formula is C19H20N4O2. The van der Waals surface area contributed by atoms with Gasteiger partial charge in [-0.2, -0.15) is 5.10 Å². The van der Waals surface area contributed by atoms with Crippen molar-refractivity contribution < 1.29 is 9.53 Å². The van der Waals surface area contributed by atoms with Gasteiger partial charge in [0.05, 0.1) is 6.04 Å². The largest absolute Gasteiger partial charge is 0.457 e. The Bertz CT molecular complexity index is 818. The van der Waals surface area contributed by atoms with Crippen molar-refractivity contribution >= 4 is 5.91 Å². The summed E-state index contributed by atoms with van der Waals surface area (Å²) in [6.07, 6.45) is 2.94. The van der Waals surface area contributed by atoms with E-state index < -0.39 is 6.04 Å². The number of benzene rings is 2. The van der Waals surface area contributed by atoms with Crippen LogP contribution in [-0.2, 0) is 4.79 Å². The maximum absolute atomic E-state index is 12.5. The summed E-state index contributed by atoms with van der Waals surface area (Å²) in [5.41, 5.74) is 0.908. The van der Waals surface area contributed by atoms with E-state index in [9.17, 15) is 4.79 Å². The number of rotatable bonds is 6. The normalized spacial score (nSPS) is 13.0. The maximum atomic E-state index is 12.5. The number of aromatic nitrogens is 3. The van der Waals surface area contributed by atoms with Crippen molar-refractivity contribution in [3.8, 4) is 11.5 Å². The molecule has 1 aromatic heterocycles. The van der Waals surface area contributed by atoms with Crippen molar-refractivity contribution in [2.24, 2.45) is 0 Å². The Labute approximate surface area is 146 Å². The van der Waals surface area contributed by atoms with Crippen LogP contribution in [0.5, 0.6) is 11.5 Å². The van der Waals surface area contributed by atoms with Gasteiger partial charge in [-0.3, -0.25) is 4.79 Å². The number of hydrogen-bond acceptors (Lipinski definition) is 4. The minimum atomic E-state index is -0.438. The molecule has 0 saturated carbocycles. The molecule has 2 aromatic carbocycles. The molecule has 128 valence electrons. The summed E-state index contributed by atoms with van der Waals surface area (Å²) in [6.45, 7) is 3.71. The highest BCUT2D eigenvalue weighted by Gasteiger charge is 2.20. The van der Waals surface area contributed by atoms with Crippen LogP contribution in [0.2, 0.25) is 0 Å². The molecule has 0 aliphatic heterocycles. The van der Waals surface area contributed by atoms with Crippen LogP contribution < -0.4 is 10.1 Å². The second-order valence-electron chi connectivity index (χ2n) is 5.73. The monoisotopic (exact) mass is 336 g/mol. The Morgan fingerprint density at radius 1 is 1.08 bits per heavy atom. The van der Waals surface area contributed by atoms with Crippen molar-refractivity contribution in [2.45, 2.75) is 25.9 Å². The molecule has 0 aliphatic rings. The smallest absolute Gasteiger partial charge is 0.245 e. The summed E-state index contributed by atoms with van der Waals surface area (Å²) in [4.78, 5) is 16.3. The Balaban J connectivity index is 1.74. The summed E-state index contributed by atoms with van der Waals surface area (Å²) in [5, 5.41) is 7.01. The molecule has 3 rings (SSSR count). The molecule has 0 unspecified atom stereocenters. The zero-order valence-corrected chi connectivity index (χ0v) is 14.2. The molecule has 0 saturated heterocycles. The van der Waals surface area contributed by atoms with E-state index in [0.29, 0.717) is 0 Å². The molecule has 2 atom stereocenters. The van der Waals surface area contributed by atoms with Crippen molar-refractivity contribution in [3.05, 3.63) is 72.8 Å². The molecule has 0 bridgehead atoms. The van der Waals surface area contributed by atoms with Crippen LogP contribution in [0, 0.1) is 0 Å². The molecule has 1 amide bonds. The van der Waals surface area contributed by atoms with Gasteiger partial charge in [-0.25, -0.2) is 9.67 Å². The van der Waals surface area contributed by atoms with Crippen molar-refractivity contribution in [3.63, 3.8) is 0 Å². The lowest BCUT2D eigenvalue weighted by molar-refractivity contribution is -0.124. The van der Waals surface area contributed by atoms with Crippen molar-refractivity contribution in [1.82, 2.24) is 20.1 Å². The first-order chi connectivity index (χ1) is 12.1. The van der Waals surface area contributed by atoms with Crippen LogP contribution in [0.3, 0.4) is 0 Å². The lowest BCUT2D eigenvalue weighted by Gasteiger charge is -2.20. The highest BCUT2D eigenvalue weighted by Crippen LogP contribution is 2.29. The number of ether oxygens (including phenoxy) is 1. The molecule has 1 N–H and O–H groups in total. The number of hydrogen-bond donors (Lipinski definition) is 1. The quantitative estimate of drug-likeness (QED) is 0.748. The maximum Gasteiger partial charge on any atom is 0.245 e. The summed E-state index contributed by atoms with van der Waals surface area (Å²) < 4.78 is 7.49. The van der Waals surface area contributed by atoms with Crippen LogP contribution >= 0.6 is 0 Å². The SMILES string of the molecule is C[C@@H](NC(=O)[C@H](C)n1cncn1)c1ccccc1Oc1ccccc1. The Hall–Kier alpha value is -3.15. The summed E-state index contributed by atoms with van der Waals surface area (Å²) >= 11 is 0. The fourth-order valence-corrected chi connectivity index (χ4v) is 2.50. The van der Waals surface area contributed by atoms with Gasteiger partial charge in [-0.1, -0.05) is 36.4 Å². The summed E-state index contributed by atoms with van der Waals surface area (Å²) in [7, 11) is 0. The van der Waals surface area contributed by atoms with Gasteiger partial charge in [-0.15, -0.1) is 0 Å². The molecule has 0 radical (unpaired) electrons. The van der Waals surface area contributed by atoms with E-state index in [2.05, 4.69) is 15.4 Å². The molecule has 6 heteroatoms. The number of carbonyl (C=O) groups is 1. The lowest BCUT2D eigenvalue weighted by Crippen LogP contribution is -2.33. The van der Waals surface area contributed by atoms with E-state index in [1.165, 1.54) is 17.3 Å². The second kappa shape index (κ2) is 7.61. The number of para-hydroxylation sites is 2. The van der Waals surface area contributed by atoms with Gasteiger partial charge < -0.3 is 10.1 Å². The fourth-order valence-electron chi connectivity index (χ4n) is 2.50. The van der Waals surface area contributed by atoms with Gasteiger partial charge in [0.15, 0.2) is 0 Å². The van der Waals surface area contributed by atoms with Crippen molar-refractivity contribution in [1.29, 1.82) is 0 Å². The highest BCUT2D eigenvalue weighted by atomic mass is 16.5. The van der Waals surface area contributed by atoms with Gasteiger partial charge in [-0.05, 0) is 32.0 Å². The van der Waals surface area contributed by atoms with E-state index >= 15 is 0 Å². The summed E-state index contributed by atoms with van der Waals surface area (Å²) in [5.74, 6) is 1.34. The number of nitrogens with one attached hydrogen (secondary N) is 1. The molecule has 25 heavy (non-hydrogen) atoms. The highest BCUT2D eigenvalue weighted by molar-refractivity contribution is 5.80. The predicted molar refractivity (Wildman–Crippen MR) is 94.2 cm³/mol. The zero-order valence-electron chi connectivity index (χ0n) is 14.2. The van der Waals surface area contributed by atoms with E-state index in [1.54, 1.807) is 6.92 Å². The molecule has 6 nitrogen and oxygen atoms in total. The standard InChI is InChI=1S/C19H20N4O2/c1-14(22-19(24)15(2)23-13-20-12-21-23)17-10-6-7-11-18(17)25-16-8-4-3-5-9-16/h3-15H,1-2H3,(H,22,24)/t14-,15+/m1/s1. The summed E-state index contributed by atoms with van der Waals surface area (Å²) in [6, 6.07) is 16.6. The first kappa shape index (κ1) is 16.7. The molecular weight excluding hydrogens is 316 g/mol. The number of nitrogens with zero attached hydrogens (tertiary/aromatic N) is 3. The van der Waals surface area contributed by atoms with Crippen molar-refractivity contribution in [2.75, 3.05) is 0 Å². The van der Waals surface area contributed by atoms with E-state index in [0.717, 1.165) is 17.1 Å². The molecule has 1 heterocycles. The average molecular weight is 336 g/mol. The predicted octanol–water partition coefficient (Wildman–Crippen LogP) is 3.51. The number of amides is 1. The average Bonchev–Trinajstić information content (AvgIpc) is 3.17. The molecule has 0 aliphatic carbocycles. The molecule has 0 spiro atoms. The van der Waals surface area contributed by atoms with Crippen LogP contribution in [0.25, 0.3) is 0 Å². The van der Waals surface area contributed by atoms with E-state index in [1.807, 2.05) is 61.5 Å². The van der Waals surface area contributed by atoms with Gasteiger partial charge in [0, 0.05) is 5.56 Å². The third-order valence-corrected chi connectivity index (χ3v) is 3.93. The third-order valence-electron chi connectivity index (χ3n) is 3.93. The molecule has 3 aromatic rings. The first-order valence-corrected chi connectivity index (χ1v) is 8.11. The van der Waals surface area contributed by atoms with Crippen LogP contribution in [0.1, 0.15) is 31.5 Å². The molecule has 0 fully saturated rings. The van der Waals surface area contributed by atoms with Gasteiger partial charge in [0.25, 0.3) is 0 Å². The lowest BCUT2D eigenvalue weighted by atomic mass is 10.1. The minimum Gasteiger partial charge on any atom is -0.457 e. The first-order valence-electron chi connectivity index (χ1n) is 8.11. The van der Waals surface area contributed by atoms with Crippen LogP contribution in [0.4, 0.5) is 0 Å². The van der Waals surface area contributed by atoms with Crippen LogP contribution in [0.15, 0.2) is 67.3 Å². The van der Waals surface area contributed by atoms with Crippen LogP contribution in [-0.4, -0.2) is 20.7 Å². The Kier molecular flexibility index (Phi) is 5.09. The van der Waals surface area contributed by atoms with Gasteiger partial charge in [0.2, 0.25) is 5.91 Å². The van der Waals surface area contributed by atoms with Gasteiger partial charge in [0.1, 0.15) is 30.2 Å². The van der Waals surface area contributed by atoms with E-state index in [-0.39, 0.29) is 11.9 Å². The van der Waals surface area contributed by atoms with Gasteiger partial charge >= 0.3 is 0 Å². The topological polar surface area (TPSA) is 69.0 Å². The van der Waals surface area contributed by atoms with E-state index in [4.69, 9.17) is 4.74 Å². The second-order valence-corrected chi connectivity index (χ2v) is 5.73. The zero-order chi connectivity index (χ0) is 17.6. The fraction of sp³-hybridized carbons (Fsp3) is 0.211. The third kappa shape index (κ3) is 4.03. The Morgan fingerprint density at radius 2 is 1.80 bits per heavy atom. The minimum absolute atomic E-state index is 0.132. The Morgan fingerprint density at radius 3 is 2.52 bits per heavy atom.